The second-order valence-electron chi connectivity index (χ2n) is 9.61. The van der Waals surface area contributed by atoms with Crippen molar-refractivity contribution in [3.05, 3.63) is 29.8 Å². The Labute approximate surface area is 186 Å². The van der Waals surface area contributed by atoms with Crippen LogP contribution in [0.2, 0.25) is 0 Å². The Morgan fingerprint density at radius 2 is 1.84 bits per heavy atom. The fourth-order valence-corrected chi connectivity index (χ4v) is 6.58. The Morgan fingerprint density at radius 3 is 2.48 bits per heavy atom. The SMILES string of the molecule is C#CCOC(=O)N1C2CCC1CC(N1CCC3(CC1)CN(C(C)=O)c1ccccc13)C2.[HH]. The maximum Gasteiger partial charge on any atom is 0.411 e. The number of rotatable bonds is 2. The third-order valence-corrected chi connectivity index (χ3v) is 8.08. The molecule has 5 rings (SSSR count). The minimum Gasteiger partial charge on any atom is -0.436 e. The Morgan fingerprint density at radius 1 is 1.16 bits per heavy atom. The van der Waals surface area contributed by atoms with Crippen molar-refractivity contribution in [3.63, 3.8) is 0 Å². The zero-order valence-electron chi connectivity index (χ0n) is 18.3. The molecule has 0 aromatic heterocycles. The first-order valence-corrected chi connectivity index (χ1v) is 11.5. The summed E-state index contributed by atoms with van der Waals surface area (Å²) in [5, 5.41) is 0. The fourth-order valence-electron chi connectivity index (χ4n) is 6.58. The van der Waals surface area contributed by atoms with Gasteiger partial charge in [-0.3, -0.25) is 4.79 Å². The first-order valence-electron chi connectivity index (χ1n) is 11.5. The summed E-state index contributed by atoms with van der Waals surface area (Å²) in [6, 6.07) is 9.49. The Hall–Kier alpha value is -2.52. The van der Waals surface area contributed by atoms with Crippen molar-refractivity contribution in [2.75, 3.05) is 31.1 Å². The molecule has 0 radical (unpaired) electrons. The molecular formula is C25H33N3O3. The van der Waals surface area contributed by atoms with E-state index in [4.69, 9.17) is 11.2 Å². The van der Waals surface area contributed by atoms with Crippen molar-refractivity contribution in [1.29, 1.82) is 0 Å². The molecule has 6 nitrogen and oxygen atoms in total. The van der Waals surface area contributed by atoms with Crippen molar-refractivity contribution < 1.29 is 15.8 Å². The van der Waals surface area contributed by atoms with Gasteiger partial charge in [-0.2, -0.15) is 0 Å². The van der Waals surface area contributed by atoms with Gasteiger partial charge in [0.15, 0.2) is 6.61 Å². The number of carbonyl (C=O) groups excluding carboxylic acids is 2. The maximum absolute atomic E-state index is 12.4. The standard InChI is InChI=1S/C25H31N3O3.H2/c1-3-14-31-24(30)28-19-8-9-20(28)16-21(15-19)26-12-10-25(11-13-26)17-27(18(2)29)23-7-5-4-6-22(23)25;/h1,4-7,19-21H,8-17H2,2H3;1H. The summed E-state index contributed by atoms with van der Waals surface area (Å²) in [7, 11) is 0. The average Bonchev–Trinajstić information content (AvgIpc) is 3.24. The second-order valence-corrected chi connectivity index (χ2v) is 9.61. The number of fused-ring (bicyclic) bond motifs is 4. The number of nitrogens with zero attached hydrogens (tertiary/aromatic N) is 3. The molecule has 0 saturated carbocycles. The van der Waals surface area contributed by atoms with Crippen LogP contribution in [0, 0.1) is 12.3 Å². The molecule has 31 heavy (non-hydrogen) atoms. The van der Waals surface area contributed by atoms with Crippen LogP contribution in [0.1, 0.15) is 52.4 Å². The fraction of sp³-hybridized carbons (Fsp3) is 0.600. The highest BCUT2D eigenvalue weighted by molar-refractivity contribution is 5.94. The van der Waals surface area contributed by atoms with E-state index in [1.165, 1.54) is 5.56 Å². The van der Waals surface area contributed by atoms with E-state index in [0.717, 1.165) is 63.8 Å². The van der Waals surface area contributed by atoms with Gasteiger partial charge in [0.05, 0.1) is 0 Å². The number of ether oxygens (including phenoxy) is 1. The van der Waals surface area contributed by atoms with E-state index in [2.05, 4.69) is 29.0 Å². The molecule has 4 aliphatic rings. The molecule has 1 spiro atoms. The summed E-state index contributed by atoms with van der Waals surface area (Å²) in [5.41, 5.74) is 2.52. The molecule has 1 aromatic carbocycles. The van der Waals surface area contributed by atoms with Crippen LogP contribution in [-0.2, 0) is 14.9 Å². The summed E-state index contributed by atoms with van der Waals surface area (Å²) < 4.78 is 5.22. The largest absolute Gasteiger partial charge is 0.436 e. The van der Waals surface area contributed by atoms with E-state index >= 15 is 0 Å². The van der Waals surface area contributed by atoms with Crippen LogP contribution in [-0.4, -0.2) is 66.2 Å². The number of terminal acetylenes is 1. The first kappa shape index (κ1) is 20.4. The summed E-state index contributed by atoms with van der Waals surface area (Å²) in [6.07, 6.45) is 11.3. The first-order chi connectivity index (χ1) is 15.0. The van der Waals surface area contributed by atoms with E-state index in [0.29, 0.717) is 6.04 Å². The van der Waals surface area contributed by atoms with E-state index in [-0.39, 0.29) is 37.5 Å². The molecule has 3 fully saturated rings. The topological polar surface area (TPSA) is 53.1 Å². The number of benzene rings is 1. The van der Waals surface area contributed by atoms with Crippen LogP contribution in [0.5, 0.6) is 0 Å². The van der Waals surface area contributed by atoms with Gasteiger partial charge in [0, 0.05) is 44.1 Å². The number of para-hydroxylation sites is 1. The smallest absolute Gasteiger partial charge is 0.411 e. The highest BCUT2D eigenvalue weighted by Crippen LogP contribution is 2.48. The highest BCUT2D eigenvalue weighted by atomic mass is 16.6. The summed E-state index contributed by atoms with van der Waals surface area (Å²) >= 11 is 0. The number of anilines is 1. The molecule has 2 atom stereocenters. The highest BCUT2D eigenvalue weighted by Gasteiger charge is 2.49. The number of carbonyl (C=O) groups is 2. The molecular weight excluding hydrogens is 390 g/mol. The molecule has 0 aliphatic carbocycles. The molecule has 2 amide bonds. The van der Waals surface area contributed by atoms with Crippen LogP contribution >= 0.6 is 0 Å². The molecule has 2 unspecified atom stereocenters. The minimum atomic E-state index is -0.242. The van der Waals surface area contributed by atoms with Gasteiger partial charge in [0.2, 0.25) is 5.91 Å². The van der Waals surface area contributed by atoms with Gasteiger partial charge in [-0.1, -0.05) is 24.1 Å². The molecule has 0 N–H and O–H groups in total. The molecule has 4 heterocycles. The molecule has 2 bridgehead atoms. The lowest BCUT2D eigenvalue weighted by Gasteiger charge is -2.47. The van der Waals surface area contributed by atoms with Crippen molar-refractivity contribution in [1.82, 2.24) is 9.80 Å². The molecule has 1 aromatic rings. The Bertz CT molecular complexity index is 907. The second kappa shape index (κ2) is 7.87. The maximum atomic E-state index is 12.4. The van der Waals surface area contributed by atoms with Gasteiger partial charge >= 0.3 is 6.09 Å². The van der Waals surface area contributed by atoms with E-state index in [9.17, 15) is 9.59 Å². The van der Waals surface area contributed by atoms with Gasteiger partial charge < -0.3 is 19.4 Å². The number of piperidine rings is 2. The third kappa shape index (κ3) is 3.40. The molecule has 166 valence electrons. The van der Waals surface area contributed by atoms with Crippen LogP contribution in [0.25, 0.3) is 0 Å². The lowest BCUT2D eigenvalue weighted by Crippen LogP contribution is -2.55. The van der Waals surface area contributed by atoms with Gasteiger partial charge in [0.1, 0.15) is 0 Å². The van der Waals surface area contributed by atoms with Crippen molar-refractivity contribution >= 4 is 17.7 Å². The normalized spacial score (nSPS) is 29.0. The van der Waals surface area contributed by atoms with Gasteiger partial charge in [-0.15, -0.1) is 6.42 Å². The summed E-state index contributed by atoms with van der Waals surface area (Å²) in [4.78, 5) is 31.2. The predicted molar refractivity (Wildman–Crippen MR) is 121 cm³/mol. The quantitative estimate of drug-likeness (QED) is 0.684. The number of hydrogen-bond acceptors (Lipinski definition) is 4. The molecule has 4 aliphatic heterocycles. The van der Waals surface area contributed by atoms with Gasteiger partial charge in [0.25, 0.3) is 0 Å². The number of hydrogen-bond donors (Lipinski definition) is 0. The van der Waals surface area contributed by atoms with Crippen molar-refractivity contribution in [2.45, 2.75) is 69.0 Å². The zero-order chi connectivity index (χ0) is 21.6. The Kier molecular flexibility index (Phi) is 5.18. The predicted octanol–water partition coefficient (Wildman–Crippen LogP) is 3.40. The van der Waals surface area contributed by atoms with Crippen LogP contribution in [0.15, 0.2) is 24.3 Å². The minimum absolute atomic E-state index is 0. The molecule has 3 saturated heterocycles. The van der Waals surface area contributed by atoms with E-state index < -0.39 is 0 Å². The van der Waals surface area contributed by atoms with E-state index in [1.807, 2.05) is 15.9 Å². The number of likely N-dealkylation sites (tertiary alicyclic amines) is 1. The molecule has 6 heteroatoms. The Balaban J connectivity index is 0.00000245. The van der Waals surface area contributed by atoms with Crippen molar-refractivity contribution in [2.24, 2.45) is 0 Å². The van der Waals surface area contributed by atoms with Crippen LogP contribution in [0.4, 0.5) is 10.5 Å². The number of amides is 2. The average molecular weight is 424 g/mol. The summed E-state index contributed by atoms with van der Waals surface area (Å²) in [5.74, 6) is 2.52. The zero-order valence-corrected chi connectivity index (χ0v) is 18.3. The monoisotopic (exact) mass is 423 g/mol. The van der Waals surface area contributed by atoms with Gasteiger partial charge in [-0.05, 0) is 63.2 Å². The van der Waals surface area contributed by atoms with E-state index in [1.54, 1.807) is 6.92 Å². The lowest BCUT2D eigenvalue weighted by molar-refractivity contribution is -0.116. The lowest BCUT2D eigenvalue weighted by atomic mass is 9.73. The van der Waals surface area contributed by atoms with Gasteiger partial charge in [-0.25, -0.2) is 4.79 Å². The van der Waals surface area contributed by atoms with Crippen molar-refractivity contribution in [3.8, 4) is 12.3 Å². The summed E-state index contributed by atoms with van der Waals surface area (Å²) in [6.45, 7) is 4.62. The van der Waals surface area contributed by atoms with Crippen LogP contribution in [0.3, 0.4) is 0 Å². The van der Waals surface area contributed by atoms with Crippen LogP contribution < -0.4 is 4.90 Å². The third-order valence-electron chi connectivity index (χ3n) is 8.08.